The van der Waals surface area contributed by atoms with Crippen LogP contribution in [-0.4, -0.2) is 42.3 Å². The quantitative estimate of drug-likeness (QED) is 0.745. The first-order valence-corrected chi connectivity index (χ1v) is 6.42. The average molecular weight is 320 g/mol. The van der Waals surface area contributed by atoms with E-state index in [1.807, 2.05) is 0 Å². The Kier molecular flexibility index (Phi) is 4.69. The van der Waals surface area contributed by atoms with Crippen LogP contribution in [0.25, 0.3) is 0 Å². The van der Waals surface area contributed by atoms with E-state index in [-0.39, 0.29) is 17.2 Å². The first kappa shape index (κ1) is 16.1. The molecule has 0 bridgehead atoms. The fourth-order valence-corrected chi connectivity index (χ4v) is 1.88. The minimum absolute atomic E-state index is 0.101. The second kappa shape index (κ2) is 6.69. The summed E-state index contributed by atoms with van der Waals surface area (Å²) in [6.45, 7) is 0. The molecule has 0 radical (unpaired) electrons. The van der Waals surface area contributed by atoms with Gasteiger partial charge in [-0.15, -0.1) is 0 Å². The van der Waals surface area contributed by atoms with Crippen molar-refractivity contribution in [2.75, 3.05) is 32.4 Å². The smallest absolute Gasteiger partial charge is 0.257 e. The van der Waals surface area contributed by atoms with Crippen LogP contribution in [0.4, 0.5) is 11.6 Å². The molecule has 2 rings (SSSR count). The fraction of sp³-hybridized carbons (Fsp3) is 0.214. The Morgan fingerprint density at radius 2 is 1.74 bits per heavy atom. The molecular weight excluding hydrogens is 304 g/mol. The third-order valence-corrected chi connectivity index (χ3v) is 3.01. The van der Waals surface area contributed by atoms with Gasteiger partial charge >= 0.3 is 0 Å². The molecule has 0 aliphatic rings. The van der Waals surface area contributed by atoms with Crippen LogP contribution in [0, 0.1) is 0 Å². The van der Waals surface area contributed by atoms with Crippen LogP contribution < -0.4 is 25.3 Å². The van der Waals surface area contributed by atoms with Gasteiger partial charge < -0.3 is 30.4 Å². The molecule has 2 aromatic rings. The highest BCUT2D eigenvalue weighted by Gasteiger charge is 2.18. The number of hydrogen-bond donors (Lipinski definition) is 3. The van der Waals surface area contributed by atoms with Gasteiger partial charge in [0.05, 0.1) is 21.3 Å². The number of carbonyl (C=O) groups excluding carboxylic acids is 1. The maximum absolute atomic E-state index is 12.3. The van der Waals surface area contributed by atoms with Crippen LogP contribution in [0.3, 0.4) is 0 Å². The minimum atomic E-state index is -0.544. The lowest BCUT2D eigenvalue weighted by Gasteiger charge is -2.14. The zero-order chi connectivity index (χ0) is 17.0. The van der Waals surface area contributed by atoms with Crippen molar-refractivity contribution in [3.8, 4) is 23.0 Å². The van der Waals surface area contributed by atoms with Gasteiger partial charge in [-0.1, -0.05) is 0 Å². The molecule has 1 heterocycles. The topological polar surface area (TPSA) is 129 Å². The number of ether oxygens (including phenoxy) is 3. The zero-order valence-electron chi connectivity index (χ0n) is 12.8. The van der Waals surface area contributed by atoms with Crippen LogP contribution in [0.15, 0.2) is 18.5 Å². The van der Waals surface area contributed by atoms with Gasteiger partial charge in [-0.2, -0.15) is 0 Å². The van der Waals surface area contributed by atoms with Gasteiger partial charge in [0.25, 0.3) is 5.91 Å². The van der Waals surface area contributed by atoms with Crippen molar-refractivity contribution in [1.82, 2.24) is 9.97 Å². The van der Waals surface area contributed by atoms with E-state index < -0.39 is 11.7 Å². The second-order valence-corrected chi connectivity index (χ2v) is 4.32. The SMILES string of the molecule is COc1cc(C(=O)Nc2ncnc(N)c2O)cc(OC)c1OC. The van der Waals surface area contributed by atoms with Crippen molar-refractivity contribution >= 4 is 17.5 Å². The van der Waals surface area contributed by atoms with E-state index in [1.165, 1.54) is 33.5 Å². The van der Waals surface area contributed by atoms with E-state index in [0.717, 1.165) is 6.33 Å². The Bertz CT molecular complexity index is 710. The molecule has 1 amide bonds. The molecular formula is C14H16N4O5. The molecule has 0 saturated heterocycles. The molecule has 9 nitrogen and oxygen atoms in total. The predicted molar refractivity (Wildman–Crippen MR) is 82.2 cm³/mol. The van der Waals surface area contributed by atoms with Crippen molar-refractivity contribution in [1.29, 1.82) is 0 Å². The van der Waals surface area contributed by atoms with Crippen molar-refractivity contribution in [3.63, 3.8) is 0 Å². The summed E-state index contributed by atoms with van der Waals surface area (Å²) in [5, 5.41) is 12.2. The number of methoxy groups -OCH3 is 3. The number of carbonyl (C=O) groups is 1. The summed E-state index contributed by atoms with van der Waals surface area (Å²) < 4.78 is 15.6. The van der Waals surface area contributed by atoms with E-state index in [9.17, 15) is 9.90 Å². The van der Waals surface area contributed by atoms with E-state index in [1.54, 1.807) is 0 Å². The average Bonchev–Trinajstić information content (AvgIpc) is 2.57. The van der Waals surface area contributed by atoms with Crippen LogP contribution in [0.5, 0.6) is 23.0 Å². The standard InChI is InChI=1S/C14H16N4O5/c1-21-8-4-7(5-9(22-2)11(8)23-3)14(20)18-13-10(19)12(15)16-6-17-13/h4-6,19H,1-3H3,(H3,15,16,17,18,20). The predicted octanol–water partition coefficient (Wildman–Crippen LogP) is 1.04. The number of aromatic nitrogens is 2. The number of anilines is 2. The number of rotatable bonds is 5. The number of nitrogens with two attached hydrogens (primary N) is 1. The van der Waals surface area contributed by atoms with Gasteiger partial charge in [0.2, 0.25) is 11.5 Å². The van der Waals surface area contributed by atoms with Crippen LogP contribution >= 0.6 is 0 Å². The lowest BCUT2D eigenvalue weighted by atomic mass is 10.1. The third kappa shape index (κ3) is 3.18. The maximum atomic E-state index is 12.3. The molecule has 0 atom stereocenters. The molecule has 1 aromatic carbocycles. The molecule has 0 unspecified atom stereocenters. The summed E-state index contributed by atoms with van der Waals surface area (Å²) in [4.78, 5) is 19.7. The zero-order valence-corrected chi connectivity index (χ0v) is 12.8. The molecule has 0 fully saturated rings. The van der Waals surface area contributed by atoms with Gasteiger partial charge in [0.15, 0.2) is 23.1 Å². The van der Waals surface area contributed by atoms with Crippen molar-refractivity contribution in [2.45, 2.75) is 0 Å². The van der Waals surface area contributed by atoms with Gasteiger partial charge in [0, 0.05) is 5.56 Å². The van der Waals surface area contributed by atoms with Gasteiger partial charge in [-0.05, 0) is 12.1 Å². The molecule has 122 valence electrons. The highest BCUT2D eigenvalue weighted by Crippen LogP contribution is 2.38. The summed E-state index contributed by atoms with van der Waals surface area (Å²) in [7, 11) is 4.34. The molecule has 0 spiro atoms. The molecule has 0 aliphatic carbocycles. The van der Waals surface area contributed by atoms with Crippen molar-refractivity contribution < 1.29 is 24.1 Å². The number of aromatic hydroxyl groups is 1. The number of amides is 1. The number of benzene rings is 1. The Morgan fingerprint density at radius 1 is 1.13 bits per heavy atom. The molecule has 4 N–H and O–H groups in total. The number of hydrogen-bond acceptors (Lipinski definition) is 8. The van der Waals surface area contributed by atoms with E-state index in [4.69, 9.17) is 19.9 Å². The first-order chi connectivity index (χ1) is 11.0. The molecule has 1 aromatic heterocycles. The summed E-state index contributed by atoms with van der Waals surface area (Å²) in [5.74, 6) is -0.185. The van der Waals surface area contributed by atoms with Crippen molar-refractivity contribution in [2.24, 2.45) is 0 Å². The van der Waals surface area contributed by atoms with Gasteiger partial charge in [0.1, 0.15) is 6.33 Å². The number of nitrogens with one attached hydrogen (secondary N) is 1. The second-order valence-electron chi connectivity index (χ2n) is 4.32. The van der Waals surface area contributed by atoms with Crippen LogP contribution in [0.1, 0.15) is 10.4 Å². The lowest BCUT2D eigenvalue weighted by Crippen LogP contribution is -2.14. The highest BCUT2D eigenvalue weighted by atomic mass is 16.5. The molecule has 23 heavy (non-hydrogen) atoms. The maximum Gasteiger partial charge on any atom is 0.257 e. The third-order valence-electron chi connectivity index (χ3n) is 3.01. The monoisotopic (exact) mass is 320 g/mol. The Hall–Kier alpha value is -3.23. The summed E-state index contributed by atoms with van der Waals surface area (Å²) >= 11 is 0. The van der Waals surface area contributed by atoms with Crippen molar-refractivity contribution in [3.05, 3.63) is 24.0 Å². The van der Waals surface area contributed by atoms with Crippen LogP contribution in [-0.2, 0) is 0 Å². The van der Waals surface area contributed by atoms with E-state index >= 15 is 0 Å². The van der Waals surface area contributed by atoms with Crippen LogP contribution in [0.2, 0.25) is 0 Å². The Morgan fingerprint density at radius 3 is 2.26 bits per heavy atom. The molecule has 0 aliphatic heterocycles. The minimum Gasteiger partial charge on any atom is -0.502 e. The van der Waals surface area contributed by atoms with E-state index in [0.29, 0.717) is 17.2 Å². The number of nitrogen functional groups attached to an aromatic ring is 1. The normalized spacial score (nSPS) is 10.0. The van der Waals surface area contributed by atoms with Gasteiger partial charge in [-0.25, -0.2) is 9.97 Å². The fourth-order valence-electron chi connectivity index (χ4n) is 1.88. The lowest BCUT2D eigenvalue weighted by molar-refractivity contribution is 0.102. The number of nitrogens with zero attached hydrogens (tertiary/aromatic N) is 2. The molecule has 0 saturated carbocycles. The first-order valence-electron chi connectivity index (χ1n) is 6.42. The largest absolute Gasteiger partial charge is 0.502 e. The summed E-state index contributed by atoms with van der Waals surface area (Å²) in [5.41, 5.74) is 5.67. The highest BCUT2D eigenvalue weighted by molar-refractivity contribution is 6.05. The Labute approximate surface area is 132 Å². The molecule has 9 heteroatoms. The summed E-state index contributed by atoms with van der Waals surface area (Å²) in [6.07, 6.45) is 1.12. The summed E-state index contributed by atoms with van der Waals surface area (Å²) in [6, 6.07) is 2.94. The Balaban J connectivity index is 2.37. The van der Waals surface area contributed by atoms with Gasteiger partial charge in [-0.3, -0.25) is 4.79 Å². The van der Waals surface area contributed by atoms with E-state index in [2.05, 4.69) is 15.3 Å².